The molecule has 0 aliphatic rings. The molecule has 0 bridgehead atoms. The van der Waals surface area contributed by atoms with Gasteiger partial charge in [-0.2, -0.15) is 0 Å². The molecule has 0 amide bonds. The first-order valence-corrected chi connectivity index (χ1v) is 3.40. The minimum atomic E-state index is 0. The van der Waals surface area contributed by atoms with E-state index >= 15 is 0 Å². The maximum absolute atomic E-state index is 9.08. The van der Waals surface area contributed by atoms with E-state index in [9.17, 15) is 0 Å². The molecular weight excluding hydrogens is 266 g/mol. The fourth-order valence-corrected chi connectivity index (χ4v) is 1.02. The van der Waals surface area contributed by atoms with Gasteiger partial charge < -0.3 is 9.94 Å². The molecule has 5 nitrogen and oxygen atoms in total. The standard InChI is InChI=1S/C7H7N3O2.Ag/c1-12-5-2-3-7-6(4-5)8-9-10(7)11;/h2-4,11H,1H3;. The number of nitrogens with zero attached hydrogens (tertiary/aromatic N) is 3. The molecule has 2 rings (SSSR count). The third-order valence-electron chi connectivity index (χ3n) is 1.64. The molecule has 1 radical (unpaired) electrons. The summed E-state index contributed by atoms with van der Waals surface area (Å²) in [6.45, 7) is 0. The summed E-state index contributed by atoms with van der Waals surface area (Å²) in [5, 5.41) is 16.2. The van der Waals surface area contributed by atoms with Gasteiger partial charge in [-0.15, -0.1) is 5.10 Å². The topological polar surface area (TPSA) is 60.2 Å². The second-order valence-electron chi connectivity index (χ2n) is 2.33. The van der Waals surface area contributed by atoms with E-state index in [-0.39, 0.29) is 22.4 Å². The summed E-state index contributed by atoms with van der Waals surface area (Å²) in [6, 6.07) is 5.13. The van der Waals surface area contributed by atoms with Gasteiger partial charge in [-0.25, -0.2) is 0 Å². The average molecular weight is 273 g/mol. The van der Waals surface area contributed by atoms with Crippen LogP contribution in [0.4, 0.5) is 0 Å². The second kappa shape index (κ2) is 3.78. The van der Waals surface area contributed by atoms with E-state index in [1.165, 1.54) is 0 Å². The Morgan fingerprint density at radius 2 is 2.23 bits per heavy atom. The van der Waals surface area contributed by atoms with Gasteiger partial charge in [-0.05, 0) is 17.3 Å². The van der Waals surface area contributed by atoms with Gasteiger partial charge >= 0.3 is 0 Å². The fourth-order valence-electron chi connectivity index (χ4n) is 1.02. The molecule has 1 aromatic heterocycles. The monoisotopic (exact) mass is 272 g/mol. The van der Waals surface area contributed by atoms with Gasteiger partial charge in [0.05, 0.1) is 7.11 Å². The van der Waals surface area contributed by atoms with Crippen molar-refractivity contribution in [1.82, 2.24) is 15.2 Å². The smallest absolute Gasteiger partial charge is 0.130 e. The van der Waals surface area contributed by atoms with Crippen LogP contribution < -0.4 is 4.74 Å². The first kappa shape index (κ1) is 10.0. The summed E-state index contributed by atoms with van der Waals surface area (Å²) >= 11 is 0. The molecule has 6 heteroatoms. The van der Waals surface area contributed by atoms with Crippen LogP contribution >= 0.6 is 0 Å². The molecule has 0 aliphatic heterocycles. The zero-order valence-electron chi connectivity index (χ0n) is 6.73. The largest absolute Gasteiger partial charge is 0.497 e. The number of ether oxygens (including phenoxy) is 1. The maximum atomic E-state index is 9.08. The molecule has 0 fully saturated rings. The van der Waals surface area contributed by atoms with E-state index < -0.39 is 0 Å². The normalized spacial score (nSPS) is 9.62. The number of hydrogen-bond donors (Lipinski definition) is 1. The van der Waals surface area contributed by atoms with Gasteiger partial charge in [0.15, 0.2) is 0 Å². The van der Waals surface area contributed by atoms with Crippen molar-refractivity contribution in [2.24, 2.45) is 0 Å². The summed E-state index contributed by atoms with van der Waals surface area (Å²) in [7, 11) is 1.57. The van der Waals surface area contributed by atoms with Crippen molar-refractivity contribution in [2.45, 2.75) is 0 Å². The molecule has 73 valence electrons. The molecule has 0 aliphatic carbocycles. The Morgan fingerprint density at radius 1 is 1.46 bits per heavy atom. The van der Waals surface area contributed by atoms with Crippen LogP contribution in [0.15, 0.2) is 18.2 Å². The zero-order chi connectivity index (χ0) is 8.55. The van der Waals surface area contributed by atoms with Gasteiger partial charge in [0.2, 0.25) is 0 Å². The second-order valence-corrected chi connectivity index (χ2v) is 2.33. The van der Waals surface area contributed by atoms with Gasteiger partial charge in [0, 0.05) is 28.4 Å². The first-order valence-electron chi connectivity index (χ1n) is 3.40. The Hall–Kier alpha value is -1.04. The van der Waals surface area contributed by atoms with Crippen molar-refractivity contribution < 1.29 is 32.3 Å². The van der Waals surface area contributed by atoms with Crippen molar-refractivity contribution in [2.75, 3.05) is 7.11 Å². The van der Waals surface area contributed by atoms with Crippen LogP contribution in [0.1, 0.15) is 0 Å². The van der Waals surface area contributed by atoms with Crippen molar-refractivity contribution >= 4 is 11.0 Å². The SMILES string of the molecule is COc1ccc2c(c1)nnn2O.[Ag]. The predicted molar refractivity (Wildman–Crippen MR) is 41.3 cm³/mol. The van der Waals surface area contributed by atoms with Crippen LogP contribution in [0.3, 0.4) is 0 Å². The summed E-state index contributed by atoms with van der Waals surface area (Å²) in [5.41, 5.74) is 1.17. The number of benzene rings is 1. The molecule has 1 N–H and O–H groups in total. The summed E-state index contributed by atoms with van der Waals surface area (Å²) in [6.07, 6.45) is 0. The zero-order valence-corrected chi connectivity index (χ0v) is 8.21. The van der Waals surface area contributed by atoms with Crippen LogP contribution in [-0.4, -0.2) is 27.5 Å². The molecule has 1 heterocycles. The van der Waals surface area contributed by atoms with Crippen molar-refractivity contribution in [3.63, 3.8) is 0 Å². The molecule has 0 spiro atoms. The molecule has 0 unspecified atom stereocenters. The van der Waals surface area contributed by atoms with Crippen molar-refractivity contribution in [1.29, 1.82) is 0 Å². The van der Waals surface area contributed by atoms with Crippen LogP contribution in [0, 0.1) is 0 Å². The van der Waals surface area contributed by atoms with Crippen LogP contribution in [0.5, 0.6) is 5.75 Å². The number of aromatic nitrogens is 3. The minimum Gasteiger partial charge on any atom is -0.497 e. The van der Waals surface area contributed by atoms with E-state index in [1.54, 1.807) is 25.3 Å². The Kier molecular flexibility index (Phi) is 2.92. The van der Waals surface area contributed by atoms with E-state index in [1.807, 2.05) is 0 Å². The van der Waals surface area contributed by atoms with E-state index in [2.05, 4.69) is 10.3 Å². The molecule has 0 atom stereocenters. The summed E-state index contributed by atoms with van der Waals surface area (Å²) in [5.74, 6) is 0.697. The Bertz CT molecular complexity index is 415. The summed E-state index contributed by atoms with van der Waals surface area (Å²) < 4.78 is 4.97. The van der Waals surface area contributed by atoms with Crippen molar-refractivity contribution in [3.8, 4) is 5.75 Å². The quantitative estimate of drug-likeness (QED) is 0.613. The van der Waals surface area contributed by atoms with Crippen molar-refractivity contribution in [3.05, 3.63) is 18.2 Å². The summed E-state index contributed by atoms with van der Waals surface area (Å²) in [4.78, 5) is 0.731. The maximum Gasteiger partial charge on any atom is 0.130 e. The minimum absolute atomic E-state index is 0. The Balaban J connectivity index is 0.000000845. The Labute approximate surface area is 89.8 Å². The number of fused-ring (bicyclic) bond motifs is 1. The van der Waals surface area contributed by atoms with Crippen LogP contribution in [0.25, 0.3) is 11.0 Å². The number of methoxy groups -OCH3 is 1. The van der Waals surface area contributed by atoms with Crippen LogP contribution in [-0.2, 0) is 22.4 Å². The molecule has 13 heavy (non-hydrogen) atoms. The Morgan fingerprint density at radius 3 is 2.92 bits per heavy atom. The third kappa shape index (κ3) is 1.67. The molecular formula is C7H7AgN3O2. The van der Waals surface area contributed by atoms with Gasteiger partial charge in [-0.3, -0.25) is 0 Å². The van der Waals surface area contributed by atoms with E-state index in [0.717, 1.165) is 4.85 Å². The van der Waals surface area contributed by atoms with E-state index in [0.29, 0.717) is 16.8 Å². The van der Waals surface area contributed by atoms with Gasteiger partial charge in [0.1, 0.15) is 16.8 Å². The number of rotatable bonds is 1. The number of hydrogen-bond acceptors (Lipinski definition) is 4. The van der Waals surface area contributed by atoms with Gasteiger partial charge in [-0.1, -0.05) is 4.85 Å². The third-order valence-corrected chi connectivity index (χ3v) is 1.64. The average Bonchev–Trinajstić information content (AvgIpc) is 2.47. The molecule has 1 aromatic carbocycles. The van der Waals surface area contributed by atoms with E-state index in [4.69, 9.17) is 9.94 Å². The molecule has 2 aromatic rings. The molecule has 0 saturated heterocycles. The van der Waals surface area contributed by atoms with Gasteiger partial charge in [0.25, 0.3) is 0 Å². The first-order chi connectivity index (χ1) is 5.81. The molecule has 0 saturated carbocycles. The van der Waals surface area contributed by atoms with Crippen LogP contribution in [0.2, 0.25) is 0 Å². The predicted octanol–water partition coefficient (Wildman–Crippen LogP) is 0.675. The fraction of sp³-hybridized carbons (Fsp3) is 0.143.